The van der Waals surface area contributed by atoms with E-state index in [1.807, 2.05) is 19.2 Å². The molecule has 4 aromatic rings. The molecule has 2 aromatic heterocycles. The third-order valence-electron chi connectivity index (χ3n) is 8.79. The first kappa shape index (κ1) is 33.2. The molecule has 5 rings (SSSR count). The summed E-state index contributed by atoms with van der Waals surface area (Å²) in [5.74, 6) is -0.447. The number of thiazole rings is 1. The third kappa shape index (κ3) is 7.61. The van der Waals surface area contributed by atoms with Crippen molar-refractivity contribution < 1.29 is 27.6 Å². The molecule has 2 aromatic carbocycles. The Morgan fingerprint density at radius 1 is 0.957 bits per heavy atom. The number of halogens is 3. The Morgan fingerprint density at radius 3 is 2.33 bits per heavy atom. The van der Waals surface area contributed by atoms with E-state index in [-0.39, 0.29) is 35.2 Å². The summed E-state index contributed by atoms with van der Waals surface area (Å²) in [6.07, 6.45) is 2.03. The highest BCUT2D eigenvalue weighted by atomic mass is 32.1. The second-order valence-corrected chi connectivity index (χ2v) is 12.7. The van der Waals surface area contributed by atoms with Gasteiger partial charge in [0.15, 0.2) is 11.6 Å². The molecular weight excluding hydrogens is 611 g/mol. The van der Waals surface area contributed by atoms with E-state index >= 15 is 0 Å². The quantitative estimate of drug-likeness (QED) is 0.152. The Morgan fingerprint density at radius 2 is 1.67 bits per heavy atom. The van der Waals surface area contributed by atoms with E-state index < -0.39 is 11.7 Å². The lowest BCUT2D eigenvalue weighted by molar-refractivity contribution is -0.137. The molecule has 1 fully saturated rings. The lowest BCUT2D eigenvalue weighted by Crippen LogP contribution is -2.38. The number of ketones is 2. The van der Waals surface area contributed by atoms with E-state index in [0.29, 0.717) is 73.1 Å². The van der Waals surface area contributed by atoms with Crippen LogP contribution in [-0.2, 0) is 6.18 Å². The zero-order valence-electron chi connectivity index (χ0n) is 25.8. The summed E-state index contributed by atoms with van der Waals surface area (Å²) >= 11 is 1.47. The third-order valence-corrected chi connectivity index (χ3v) is 9.80. The molecular formula is C36H36F3N3O3S. The first-order valence-electron chi connectivity index (χ1n) is 15.6. The van der Waals surface area contributed by atoms with Crippen molar-refractivity contribution in [3.63, 3.8) is 0 Å². The minimum atomic E-state index is -4.43. The molecule has 0 saturated carbocycles. The second-order valence-electron chi connectivity index (χ2n) is 11.8. The van der Waals surface area contributed by atoms with Crippen LogP contribution in [0.4, 0.5) is 13.2 Å². The average molecular weight is 648 g/mol. The van der Waals surface area contributed by atoms with Crippen LogP contribution in [-0.4, -0.2) is 45.4 Å². The number of piperidine rings is 1. The van der Waals surface area contributed by atoms with E-state index in [2.05, 4.69) is 4.98 Å². The molecule has 0 aliphatic carbocycles. The molecule has 1 amide bonds. The predicted molar refractivity (Wildman–Crippen MR) is 172 cm³/mol. The molecule has 10 heteroatoms. The number of rotatable bonds is 11. The van der Waals surface area contributed by atoms with Crippen molar-refractivity contribution >= 4 is 28.8 Å². The Bertz CT molecular complexity index is 1660. The van der Waals surface area contributed by atoms with Crippen molar-refractivity contribution in [2.45, 2.75) is 58.0 Å². The molecule has 46 heavy (non-hydrogen) atoms. The van der Waals surface area contributed by atoms with Crippen LogP contribution >= 0.6 is 11.3 Å². The Kier molecular flexibility index (Phi) is 10.5. The van der Waals surface area contributed by atoms with Crippen LogP contribution in [0.25, 0.3) is 11.1 Å². The van der Waals surface area contributed by atoms with Gasteiger partial charge in [-0.2, -0.15) is 13.2 Å². The predicted octanol–water partition coefficient (Wildman–Crippen LogP) is 8.75. The van der Waals surface area contributed by atoms with Crippen molar-refractivity contribution in [1.82, 2.24) is 14.9 Å². The summed E-state index contributed by atoms with van der Waals surface area (Å²) in [5, 5.41) is 2.71. The maximum atomic E-state index is 13.6. The molecule has 3 heterocycles. The fourth-order valence-electron chi connectivity index (χ4n) is 5.95. The van der Waals surface area contributed by atoms with Crippen LogP contribution in [0.3, 0.4) is 0 Å². The monoisotopic (exact) mass is 647 g/mol. The fourth-order valence-corrected chi connectivity index (χ4v) is 6.93. The minimum Gasteiger partial charge on any atom is -0.339 e. The van der Waals surface area contributed by atoms with Crippen LogP contribution in [0.1, 0.15) is 93.6 Å². The lowest BCUT2D eigenvalue weighted by Gasteiger charge is -2.31. The van der Waals surface area contributed by atoms with Crippen LogP contribution in [0.2, 0.25) is 0 Å². The molecule has 1 aliphatic heterocycles. The van der Waals surface area contributed by atoms with E-state index in [1.54, 1.807) is 53.7 Å². The van der Waals surface area contributed by atoms with Gasteiger partial charge in [-0.05, 0) is 73.6 Å². The maximum absolute atomic E-state index is 13.6. The molecule has 2 atom stereocenters. The van der Waals surface area contributed by atoms with Gasteiger partial charge in [0.1, 0.15) is 5.69 Å². The van der Waals surface area contributed by atoms with Gasteiger partial charge in [-0.3, -0.25) is 19.4 Å². The molecule has 0 N–H and O–H groups in total. The maximum Gasteiger partial charge on any atom is 0.416 e. The standard InChI is InChI=1S/C36H36F3N3O3S/c1-3-24(11-10-23(2)32(43)27-7-6-18-40-21-27)33(44)31-22-46-34(41-31)26-16-19-42(20-17-26)35(45)30-9-5-4-8-29(30)25-12-14-28(15-13-25)36(37,38)39/h4-9,12-15,18,21-24,26H,3,10-11,16-17,19-20H2,1-2H3. The van der Waals surface area contributed by atoms with E-state index in [9.17, 15) is 27.6 Å². The number of aromatic nitrogens is 2. The van der Waals surface area contributed by atoms with Gasteiger partial charge in [-0.15, -0.1) is 11.3 Å². The molecule has 1 saturated heterocycles. The summed E-state index contributed by atoms with van der Waals surface area (Å²) in [6.45, 7) is 4.88. The van der Waals surface area contributed by atoms with Crippen LogP contribution in [0.15, 0.2) is 78.4 Å². The Labute approximate surface area is 270 Å². The largest absolute Gasteiger partial charge is 0.416 e. The number of carbonyl (C=O) groups is 3. The summed E-state index contributed by atoms with van der Waals surface area (Å²) in [7, 11) is 0. The number of nitrogens with zero attached hydrogens (tertiary/aromatic N) is 3. The van der Waals surface area contributed by atoms with Crippen LogP contribution < -0.4 is 0 Å². The number of alkyl halides is 3. The second kappa shape index (κ2) is 14.5. The Hall–Kier alpha value is -4.18. The topological polar surface area (TPSA) is 80.2 Å². The van der Waals surface area contributed by atoms with Crippen molar-refractivity contribution in [2.75, 3.05) is 13.1 Å². The highest BCUT2D eigenvalue weighted by Gasteiger charge is 2.31. The van der Waals surface area contributed by atoms with Gasteiger partial charge in [-0.1, -0.05) is 44.2 Å². The first-order valence-corrected chi connectivity index (χ1v) is 16.4. The minimum absolute atomic E-state index is 0.00138. The molecule has 1 aliphatic rings. The van der Waals surface area contributed by atoms with Gasteiger partial charge in [0.25, 0.3) is 5.91 Å². The molecule has 2 unspecified atom stereocenters. The van der Waals surface area contributed by atoms with Crippen LogP contribution in [0.5, 0.6) is 0 Å². The smallest absolute Gasteiger partial charge is 0.339 e. The zero-order valence-corrected chi connectivity index (χ0v) is 26.6. The molecule has 0 bridgehead atoms. The van der Waals surface area contributed by atoms with E-state index in [4.69, 9.17) is 4.98 Å². The lowest BCUT2D eigenvalue weighted by atomic mass is 9.88. The fraction of sp³-hybridized carbons (Fsp3) is 0.361. The molecule has 6 nitrogen and oxygen atoms in total. The van der Waals surface area contributed by atoms with Crippen molar-refractivity contribution in [2.24, 2.45) is 11.8 Å². The van der Waals surface area contributed by atoms with Crippen molar-refractivity contribution in [1.29, 1.82) is 0 Å². The van der Waals surface area contributed by atoms with Crippen LogP contribution in [0, 0.1) is 11.8 Å². The normalized spacial score (nSPS) is 15.4. The van der Waals surface area contributed by atoms with Crippen molar-refractivity contribution in [3.8, 4) is 11.1 Å². The SMILES string of the molecule is CCC(CCC(C)C(=O)c1cccnc1)C(=O)c1csc(C2CCN(C(=O)c3ccccc3-c3ccc(C(F)(F)F)cc3)CC2)n1. The van der Waals surface area contributed by atoms with E-state index in [1.165, 1.54) is 23.5 Å². The van der Waals surface area contributed by atoms with Gasteiger partial charge in [0.05, 0.1) is 10.6 Å². The summed E-state index contributed by atoms with van der Waals surface area (Å²) in [6, 6.07) is 15.3. The molecule has 0 radical (unpaired) electrons. The van der Waals surface area contributed by atoms with Gasteiger partial charge in [-0.25, -0.2) is 4.98 Å². The number of amides is 1. The number of carbonyl (C=O) groups excluding carboxylic acids is 3. The highest BCUT2D eigenvalue weighted by Crippen LogP contribution is 2.35. The number of hydrogen-bond acceptors (Lipinski definition) is 6. The molecule has 0 spiro atoms. The average Bonchev–Trinajstić information content (AvgIpc) is 3.58. The number of likely N-dealkylation sites (tertiary alicyclic amines) is 1. The number of benzene rings is 2. The van der Waals surface area contributed by atoms with Gasteiger partial charge < -0.3 is 4.90 Å². The van der Waals surface area contributed by atoms with E-state index in [0.717, 1.165) is 17.1 Å². The number of hydrogen-bond donors (Lipinski definition) is 0. The Balaban J connectivity index is 1.18. The van der Waals surface area contributed by atoms with Gasteiger partial charge in [0, 0.05) is 59.7 Å². The van der Waals surface area contributed by atoms with Gasteiger partial charge in [0.2, 0.25) is 0 Å². The molecule has 240 valence electrons. The summed E-state index contributed by atoms with van der Waals surface area (Å²) in [5.41, 5.74) is 1.89. The van der Waals surface area contributed by atoms with Crippen molar-refractivity contribution in [3.05, 3.63) is 106 Å². The number of Topliss-reactive ketones (excluding diaryl/α,β-unsaturated/α-hetero) is 2. The summed E-state index contributed by atoms with van der Waals surface area (Å²) in [4.78, 5) is 50.2. The first-order chi connectivity index (χ1) is 22.1. The highest BCUT2D eigenvalue weighted by molar-refractivity contribution is 7.09. The zero-order chi connectivity index (χ0) is 32.8. The number of pyridine rings is 1. The summed E-state index contributed by atoms with van der Waals surface area (Å²) < 4.78 is 39.2. The van der Waals surface area contributed by atoms with Gasteiger partial charge >= 0.3 is 6.18 Å².